The molecule has 1 aliphatic heterocycles. The van der Waals surface area contributed by atoms with E-state index >= 15 is 0 Å². The molecular formula is C14H18N2O2. The molecule has 1 aliphatic carbocycles. The van der Waals surface area contributed by atoms with Crippen LogP contribution in [0.25, 0.3) is 0 Å². The number of H-pyrrole nitrogens is 1. The Bertz CT molecular complexity index is 531. The van der Waals surface area contributed by atoms with E-state index in [4.69, 9.17) is 0 Å². The van der Waals surface area contributed by atoms with Crippen molar-refractivity contribution in [1.29, 1.82) is 0 Å². The van der Waals surface area contributed by atoms with Gasteiger partial charge >= 0.3 is 0 Å². The van der Waals surface area contributed by atoms with E-state index < -0.39 is 0 Å². The van der Waals surface area contributed by atoms with Crippen LogP contribution in [-0.2, 0) is 0 Å². The van der Waals surface area contributed by atoms with Gasteiger partial charge in [-0.1, -0.05) is 0 Å². The summed E-state index contributed by atoms with van der Waals surface area (Å²) in [6.45, 7) is 2.81. The Morgan fingerprint density at radius 3 is 2.67 bits per heavy atom. The van der Waals surface area contributed by atoms with E-state index in [-0.39, 0.29) is 23.1 Å². The van der Waals surface area contributed by atoms with Gasteiger partial charge in [0.2, 0.25) is 0 Å². The predicted molar refractivity (Wildman–Crippen MR) is 68.8 cm³/mol. The first-order valence-corrected chi connectivity index (χ1v) is 6.71. The Morgan fingerprint density at radius 2 is 2.11 bits per heavy atom. The second kappa shape index (κ2) is 4.26. The number of nitrogens with one attached hydrogen (secondary N) is 1. The number of hydrogen-bond donors (Lipinski definition) is 1. The average Bonchev–Trinajstić information content (AvgIpc) is 3.11. The molecule has 0 bridgehead atoms. The molecule has 3 rings (SSSR count). The van der Waals surface area contributed by atoms with Gasteiger partial charge in [0.05, 0.1) is 0 Å². The number of pyridine rings is 1. The van der Waals surface area contributed by atoms with Crippen molar-refractivity contribution >= 4 is 5.91 Å². The van der Waals surface area contributed by atoms with Crippen LogP contribution in [0.4, 0.5) is 0 Å². The van der Waals surface area contributed by atoms with Crippen LogP contribution in [0.5, 0.6) is 0 Å². The van der Waals surface area contributed by atoms with Gasteiger partial charge in [0, 0.05) is 18.3 Å². The molecule has 1 aromatic rings. The third-order valence-corrected chi connectivity index (χ3v) is 3.99. The average molecular weight is 246 g/mol. The number of nitrogens with zero attached hydrogens (tertiary/aromatic N) is 1. The van der Waals surface area contributed by atoms with Crippen LogP contribution in [0.15, 0.2) is 16.9 Å². The summed E-state index contributed by atoms with van der Waals surface area (Å²) in [6.07, 6.45) is 4.35. The lowest BCUT2D eigenvalue weighted by atomic mass is 10.2. The first-order valence-electron chi connectivity index (χ1n) is 6.71. The van der Waals surface area contributed by atoms with Crippen molar-refractivity contribution < 1.29 is 4.79 Å². The second-order valence-electron chi connectivity index (χ2n) is 5.42. The Kier molecular flexibility index (Phi) is 2.73. The zero-order chi connectivity index (χ0) is 12.7. The van der Waals surface area contributed by atoms with Crippen LogP contribution in [0.3, 0.4) is 0 Å². The summed E-state index contributed by atoms with van der Waals surface area (Å²) < 4.78 is 0. The van der Waals surface area contributed by atoms with E-state index in [2.05, 4.69) is 4.98 Å². The monoisotopic (exact) mass is 246 g/mol. The molecule has 96 valence electrons. The lowest BCUT2D eigenvalue weighted by Crippen LogP contribution is -2.37. The Morgan fingerprint density at radius 1 is 1.33 bits per heavy atom. The van der Waals surface area contributed by atoms with Gasteiger partial charge in [0.1, 0.15) is 5.56 Å². The fourth-order valence-electron chi connectivity index (χ4n) is 2.68. The fourth-order valence-corrected chi connectivity index (χ4v) is 2.68. The number of amides is 1. The number of aromatic nitrogens is 1. The number of carbonyl (C=O) groups is 1. The SMILES string of the molecule is C[C@H]1CCCN1C(=O)c1ccc(C2CC2)[nH]c1=O. The zero-order valence-electron chi connectivity index (χ0n) is 10.6. The molecule has 1 aromatic heterocycles. The van der Waals surface area contributed by atoms with Crippen molar-refractivity contribution in [2.24, 2.45) is 0 Å². The quantitative estimate of drug-likeness (QED) is 0.866. The Labute approximate surface area is 106 Å². The summed E-state index contributed by atoms with van der Waals surface area (Å²) in [5.74, 6) is 0.385. The van der Waals surface area contributed by atoms with Crippen LogP contribution in [0.2, 0.25) is 0 Å². The van der Waals surface area contributed by atoms with Crippen molar-refractivity contribution in [2.45, 2.75) is 44.6 Å². The summed E-state index contributed by atoms with van der Waals surface area (Å²) in [6, 6.07) is 3.84. The number of rotatable bonds is 2. The molecule has 1 amide bonds. The molecule has 0 spiro atoms. The van der Waals surface area contributed by atoms with Crippen molar-refractivity contribution in [3.8, 4) is 0 Å². The van der Waals surface area contributed by atoms with E-state index in [1.165, 1.54) is 0 Å². The molecule has 18 heavy (non-hydrogen) atoms. The fraction of sp³-hybridized carbons (Fsp3) is 0.571. The molecule has 2 heterocycles. The van der Waals surface area contributed by atoms with Crippen molar-refractivity contribution in [3.05, 3.63) is 33.7 Å². The van der Waals surface area contributed by atoms with E-state index in [0.717, 1.165) is 37.9 Å². The van der Waals surface area contributed by atoms with Gasteiger partial charge in [-0.3, -0.25) is 9.59 Å². The van der Waals surface area contributed by atoms with Gasteiger partial charge in [0.15, 0.2) is 0 Å². The number of hydrogen-bond acceptors (Lipinski definition) is 2. The van der Waals surface area contributed by atoms with Crippen LogP contribution in [0.1, 0.15) is 54.6 Å². The third-order valence-electron chi connectivity index (χ3n) is 3.99. The summed E-state index contributed by atoms with van der Waals surface area (Å²) in [5, 5.41) is 0. The molecule has 0 unspecified atom stereocenters. The lowest BCUT2D eigenvalue weighted by Gasteiger charge is -2.21. The summed E-state index contributed by atoms with van der Waals surface area (Å²) >= 11 is 0. The first kappa shape index (κ1) is 11.5. The maximum absolute atomic E-state index is 12.3. The minimum Gasteiger partial charge on any atom is -0.336 e. The van der Waals surface area contributed by atoms with Gasteiger partial charge in [-0.15, -0.1) is 0 Å². The maximum Gasteiger partial charge on any atom is 0.261 e. The first-order chi connectivity index (χ1) is 8.66. The number of aromatic amines is 1. The maximum atomic E-state index is 12.3. The van der Waals surface area contributed by atoms with E-state index in [9.17, 15) is 9.59 Å². The van der Waals surface area contributed by atoms with Gasteiger partial charge in [-0.2, -0.15) is 0 Å². The van der Waals surface area contributed by atoms with Crippen LogP contribution in [0, 0.1) is 0 Å². The predicted octanol–water partition coefficient (Wildman–Crippen LogP) is 1.88. The molecule has 2 fully saturated rings. The Balaban J connectivity index is 1.87. The Hall–Kier alpha value is -1.58. The molecule has 1 saturated carbocycles. The van der Waals surface area contributed by atoms with Crippen molar-refractivity contribution in [3.63, 3.8) is 0 Å². The van der Waals surface area contributed by atoms with Crippen LogP contribution >= 0.6 is 0 Å². The van der Waals surface area contributed by atoms with Gasteiger partial charge in [-0.05, 0) is 50.7 Å². The highest BCUT2D eigenvalue weighted by Gasteiger charge is 2.29. The topological polar surface area (TPSA) is 53.2 Å². The van der Waals surface area contributed by atoms with Crippen LogP contribution in [-0.4, -0.2) is 28.4 Å². The summed E-state index contributed by atoms with van der Waals surface area (Å²) in [5.41, 5.74) is 1.03. The molecule has 1 N–H and O–H groups in total. The number of carbonyl (C=O) groups excluding carboxylic acids is 1. The molecule has 1 atom stereocenters. The second-order valence-corrected chi connectivity index (χ2v) is 5.42. The van der Waals surface area contributed by atoms with E-state index in [1.54, 1.807) is 11.0 Å². The minimum absolute atomic E-state index is 0.122. The summed E-state index contributed by atoms with van der Waals surface area (Å²) in [4.78, 5) is 28.9. The largest absolute Gasteiger partial charge is 0.336 e. The van der Waals surface area contributed by atoms with E-state index in [1.807, 2.05) is 13.0 Å². The third kappa shape index (κ3) is 1.96. The molecule has 4 heteroatoms. The molecule has 0 aromatic carbocycles. The van der Waals surface area contributed by atoms with Crippen LogP contribution < -0.4 is 5.56 Å². The highest BCUT2D eigenvalue weighted by Crippen LogP contribution is 2.38. The standard InChI is InChI=1S/C14H18N2O2/c1-9-3-2-8-16(9)14(18)11-6-7-12(10-4-5-10)15-13(11)17/h6-7,9-10H,2-5,8H2,1H3,(H,15,17)/t9-/m0/s1. The van der Waals surface area contributed by atoms with Crippen molar-refractivity contribution in [1.82, 2.24) is 9.88 Å². The van der Waals surface area contributed by atoms with Gasteiger partial charge < -0.3 is 9.88 Å². The molecular weight excluding hydrogens is 228 g/mol. The smallest absolute Gasteiger partial charge is 0.261 e. The molecule has 1 saturated heterocycles. The van der Waals surface area contributed by atoms with E-state index in [0.29, 0.717) is 5.92 Å². The molecule has 0 radical (unpaired) electrons. The van der Waals surface area contributed by atoms with Gasteiger partial charge in [-0.25, -0.2) is 0 Å². The highest BCUT2D eigenvalue weighted by atomic mass is 16.2. The summed E-state index contributed by atoms with van der Waals surface area (Å²) in [7, 11) is 0. The normalized spacial score (nSPS) is 23.4. The highest BCUT2D eigenvalue weighted by molar-refractivity contribution is 5.94. The number of likely N-dealkylation sites (tertiary alicyclic amines) is 1. The molecule has 4 nitrogen and oxygen atoms in total. The minimum atomic E-state index is -0.233. The zero-order valence-corrected chi connectivity index (χ0v) is 10.6. The molecule has 2 aliphatic rings. The van der Waals surface area contributed by atoms with Crippen molar-refractivity contribution in [2.75, 3.05) is 6.54 Å². The van der Waals surface area contributed by atoms with Gasteiger partial charge in [0.25, 0.3) is 11.5 Å². The lowest BCUT2D eigenvalue weighted by molar-refractivity contribution is 0.0745.